The monoisotopic (exact) mass is 329 g/mol. The molecule has 122 valence electrons. The normalized spacial score (nSPS) is 19.6. The quantitative estimate of drug-likeness (QED) is 0.838. The van der Waals surface area contributed by atoms with E-state index in [9.17, 15) is 8.42 Å². The van der Waals surface area contributed by atoms with Gasteiger partial charge in [0, 0.05) is 12.6 Å². The molecule has 3 rings (SSSR count). The lowest BCUT2D eigenvalue weighted by Crippen LogP contribution is -2.43. The summed E-state index contributed by atoms with van der Waals surface area (Å²) in [5.41, 5.74) is 2.14. The van der Waals surface area contributed by atoms with E-state index < -0.39 is 10.0 Å². The molecule has 0 bridgehead atoms. The average molecular weight is 329 g/mol. The maximum Gasteiger partial charge on any atom is 0.243 e. The van der Waals surface area contributed by atoms with E-state index in [0.29, 0.717) is 11.4 Å². The lowest BCUT2D eigenvalue weighted by molar-refractivity contribution is 0.246. The molecule has 0 aromatic heterocycles. The van der Waals surface area contributed by atoms with Crippen molar-refractivity contribution in [2.75, 3.05) is 6.54 Å². The summed E-state index contributed by atoms with van der Waals surface area (Å²) in [4.78, 5) is 0.400. The number of hydrogen-bond donors (Lipinski definition) is 0. The van der Waals surface area contributed by atoms with Crippen LogP contribution in [0.15, 0.2) is 59.5 Å². The fourth-order valence-electron chi connectivity index (χ4n) is 3.28. The van der Waals surface area contributed by atoms with E-state index in [1.54, 1.807) is 16.4 Å². The topological polar surface area (TPSA) is 37.4 Å². The molecule has 2 aromatic rings. The molecule has 1 aliphatic heterocycles. The van der Waals surface area contributed by atoms with Gasteiger partial charge >= 0.3 is 0 Å². The molecule has 1 atom stereocenters. The number of sulfonamides is 1. The number of hydrogen-bond acceptors (Lipinski definition) is 2. The van der Waals surface area contributed by atoms with Crippen LogP contribution >= 0.6 is 0 Å². The van der Waals surface area contributed by atoms with Crippen molar-refractivity contribution >= 4 is 10.0 Å². The fourth-order valence-corrected chi connectivity index (χ4v) is 5.05. The van der Waals surface area contributed by atoms with Crippen molar-refractivity contribution in [2.45, 2.75) is 43.5 Å². The van der Waals surface area contributed by atoms with E-state index in [1.165, 1.54) is 0 Å². The summed E-state index contributed by atoms with van der Waals surface area (Å²) in [5, 5.41) is 0. The van der Waals surface area contributed by atoms with Gasteiger partial charge in [0.2, 0.25) is 10.0 Å². The first kappa shape index (κ1) is 16.2. The lowest BCUT2D eigenvalue weighted by atomic mass is 10.0. The fraction of sp³-hybridized carbons (Fsp3) is 0.368. The van der Waals surface area contributed by atoms with E-state index in [0.717, 1.165) is 36.8 Å². The third kappa shape index (κ3) is 3.33. The zero-order valence-corrected chi connectivity index (χ0v) is 14.3. The van der Waals surface area contributed by atoms with E-state index in [-0.39, 0.29) is 6.04 Å². The summed E-state index contributed by atoms with van der Waals surface area (Å²) < 4.78 is 27.6. The predicted molar refractivity (Wildman–Crippen MR) is 93.7 cm³/mol. The largest absolute Gasteiger partial charge is 0.243 e. The van der Waals surface area contributed by atoms with E-state index in [1.807, 2.05) is 42.5 Å². The van der Waals surface area contributed by atoms with Crippen molar-refractivity contribution < 1.29 is 8.42 Å². The van der Waals surface area contributed by atoms with Crippen LogP contribution in [0.5, 0.6) is 0 Å². The zero-order chi connectivity index (χ0) is 16.3. The van der Waals surface area contributed by atoms with E-state index in [2.05, 4.69) is 6.92 Å². The average Bonchev–Trinajstić information content (AvgIpc) is 2.62. The second kappa shape index (κ2) is 6.85. The molecule has 0 spiro atoms. The van der Waals surface area contributed by atoms with Gasteiger partial charge in [0.25, 0.3) is 0 Å². The molecule has 0 N–H and O–H groups in total. The molecule has 0 aliphatic carbocycles. The minimum Gasteiger partial charge on any atom is -0.207 e. The summed E-state index contributed by atoms with van der Waals surface area (Å²) in [6.07, 6.45) is 3.93. The van der Waals surface area contributed by atoms with Crippen molar-refractivity contribution in [3.8, 4) is 11.1 Å². The van der Waals surface area contributed by atoms with Crippen LogP contribution in [0.1, 0.15) is 32.6 Å². The molecule has 4 heteroatoms. The van der Waals surface area contributed by atoms with Gasteiger partial charge in [-0.2, -0.15) is 4.31 Å². The first-order valence-corrected chi connectivity index (χ1v) is 9.74. The maximum atomic E-state index is 12.9. The van der Waals surface area contributed by atoms with E-state index in [4.69, 9.17) is 0 Å². The smallest absolute Gasteiger partial charge is 0.207 e. The maximum absolute atomic E-state index is 12.9. The van der Waals surface area contributed by atoms with Crippen LogP contribution in [0.2, 0.25) is 0 Å². The molecule has 1 fully saturated rings. The Morgan fingerprint density at radius 2 is 1.61 bits per heavy atom. The van der Waals surface area contributed by atoms with Crippen molar-refractivity contribution in [1.82, 2.24) is 4.31 Å². The molecule has 0 saturated carbocycles. The van der Waals surface area contributed by atoms with E-state index >= 15 is 0 Å². The molecular weight excluding hydrogens is 306 g/mol. The Morgan fingerprint density at radius 1 is 0.957 bits per heavy atom. The van der Waals surface area contributed by atoms with Crippen LogP contribution < -0.4 is 0 Å². The summed E-state index contributed by atoms with van der Waals surface area (Å²) >= 11 is 0. The lowest BCUT2D eigenvalue weighted by Gasteiger charge is -2.34. The Bertz CT molecular complexity index is 739. The van der Waals surface area contributed by atoms with Crippen molar-refractivity contribution in [3.05, 3.63) is 54.6 Å². The summed E-state index contributed by atoms with van der Waals surface area (Å²) in [5.74, 6) is 0. The molecule has 0 unspecified atom stereocenters. The number of nitrogens with zero attached hydrogens (tertiary/aromatic N) is 1. The van der Waals surface area contributed by atoms with Crippen molar-refractivity contribution in [3.63, 3.8) is 0 Å². The number of benzene rings is 2. The Kier molecular flexibility index (Phi) is 4.83. The van der Waals surface area contributed by atoms with Crippen molar-refractivity contribution in [1.29, 1.82) is 0 Å². The molecule has 1 saturated heterocycles. The Morgan fingerprint density at radius 3 is 2.26 bits per heavy atom. The molecule has 2 aromatic carbocycles. The highest BCUT2D eigenvalue weighted by molar-refractivity contribution is 7.89. The Hall–Kier alpha value is -1.65. The minimum absolute atomic E-state index is 0.141. The summed E-state index contributed by atoms with van der Waals surface area (Å²) in [7, 11) is -3.39. The predicted octanol–water partition coefficient (Wildman–Crippen LogP) is 4.31. The Balaban J connectivity index is 1.88. The van der Waals surface area contributed by atoms with Gasteiger partial charge in [0.15, 0.2) is 0 Å². The van der Waals surface area contributed by atoms with Gasteiger partial charge in [0.1, 0.15) is 0 Å². The van der Waals surface area contributed by atoms with Gasteiger partial charge in [0.05, 0.1) is 4.90 Å². The molecule has 1 aliphatic rings. The SMILES string of the molecule is CC[C@H]1CCCCN1S(=O)(=O)c1ccc(-c2ccccc2)cc1. The third-order valence-corrected chi connectivity index (χ3v) is 6.58. The molecule has 3 nitrogen and oxygen atoms in total. The number of piperidine rings is 1. The molecular formula is C19H23NO2S. The van der Waals surface area contributed by atoms with Crippen LogP contribution in [0, 0.1) is 0 Å². The van der Waals surface area contributed by atoms with Crippen LogP contribution in [0.4, 0.5) is 0 Å². The highest BCUT2D eigenvalue weighted by Gasteiger charge is 2.32. The first-order chi connectivity index (χ1) is 11.1. The Labute approximate surface area is 139 Å². The van der Waals surface area contributed by atoms with Gasteiger partial charge in [-0.1, -0.05) is 55.8 Å². The molecule has 23 heavy (non-hydrogen) atoms. The molecule has 1 heterocycles. The highest BCUT2D eigenvalue weighted by atomic mass is 32.2. The highest BCUT2D eigenvalue weighted by Crippen LogP contribution is 2.28. The second-order valence-electron chi connectivity index (χ2n) is 6.06. The van der Waals surface area contributed by atoms with Crippen molar-refractivity contribution in [2.24, 2.45) is 0 Å². The van der Waals surface area contributed by atoms with Gasteiger partial charge < -0.3 is 0 Å². The zero-order valence-electron chi connectivity index (χ0n) is 13.5. The minimum atomic E-state index is -3.39. The van der Waals surface area contributed by atoms with Crippen LogP contribution in [-0.4, -0.2) is 25.3 Å². The number of rotatable bonds is 4. The van der Waals surface area contributed by atoms with Crippen LogP contribution in [-0.2, 0) is 10.0 Å². The van der Waals surface area contributed by atoms with Gasteiger partial charge in [-0.05, 0) is 42.5 Å². The molecule has 0 radical (unpaired) electrons. The van der Waals surface area contributed by atoms with Crippen LogP contribution in [0.25, 0.3) is 11.1 Å². The standard InChI is InChI=1S/C19H23NO2S/c1-2-18-10-6-7-15-20(18)23(21,22)19-13-11-17(12-14-19)16-8-4-3-5-9-16/h3-5,8-9,11-14,18H,2,6-7,10,15H2,1H3/t18-/m0/s1. The summed E-state index contributed by atoms with van der Waals surface area (Å²) in [6.45, 7) is 2.71. The van der Waals surface area contributed by atoms with Gasteiger partial charge in [-0.25, -0.2) is 8.42 Å². The van der Waals surface area contributed by atoms with Gasteiger partial charge in [-0.3, -0.25) is 0 Å². The summed E-state index contributed by atoms with van der Waals surface area (Å²) in [6, 6.07) is 17.4. The van der Waals surface area contributed by atoms with Crippen LogP contribution in [0.3, 0.4) is 0 Å². The first-order valence-electron chi connectivity index (χ1n) is 8.30. The van der Waals surface area contributed by atoms with Gasteiger partial charge in [-0.15, -0.1) is 0 Å². The second-order valence-corrected chi connectivity index (χ2v) is 7.95. The molecule has 0 amide bonds. The third-order valence-electron chi connectivity index (χ3n) is 4.61.